The molecule has 17 heavy (non-hydrogen) atoms. The van der Waals surface area contributed by atoms with Crippen LogP contribution in [0.5, 0.6) is 0 Å². The summed E-state index contributed by atoms with van der Waals surface area (Å²) < 4.78 is 13.5. The van der Waals surface area contributed by atoms with Gasteiger partial charge in [0, 0.05) is 6.20 Å². The van der Waals surface area contributed by atoms with Gasteiger partial charge in [0.25, 0.3) is 0 Å². The van der Waals surface area contributed by atoms with E-state index in [4.69, 9.17) is 5.73 Å². The standard InChI is InChI=1S/C13H11FN2O/c1-8-6-10(13(15)16-7-8)12(17)9-4-2-3-5-11(9)14/h2-7H,1H3,(H2,15,16). The predicted octanol–water partition coefficient (Wildman–Crippen LogP) is 2.34. The first-order chi connectivity index (χ1) is 8.09. The molecule has 0 atom stereocenters. The van der Waals surface area contributed by atoms with E-state index in [1.807, 2.05) is 0 Å². The number of benzene rings is 1. The lowest BCUT2D eigenvalue weighted by Crippen LogP contribution is -2.09. The highest BCUT2D eigenvalue weighted by Gasteiger charge is 2.16. The molecule has 0 spiro atoms. The van der Waals surface area contributed by atoms with Crippen molar-refractivity contribution in [1.29, 1.82) is 0 Å². The second-order valence-electron chi connectivity index (χ2n) is 3.75. The molecule has 1 heterocycles. The summed E-state index contributed by atoms with van der Waals surface area (Å²) in [7, 11) is 0. The molecule has 0 saturated carbocycles. The number of nitrogens with zero attached hydrogens (tertiary/aromatic N) is 1. The van der Waals surface area contributed by atoms with E-state index < -0.39 is 11.6 Å². The summed E-state index contributed by atoms with van der Waals surface area (Å²) in [6, 6.07) is 7.42. The van der Waals surface area contributed by atoms with Crippen LogP contribution in [0.15, 0.2) is 36.5 Å². The summed E-state index contributed by atoms with van der Waals surface area (Å²) in [5.41, 5.74) is 6.67. The molecular weight excluding hydrogens is 219 g/mol. The van der Waals surface area contributed by atoms with Crippen molar-refractivity contribution >= 4 is 11.6 Å². The highest BCUT2D eigenvalue weighted by Crippen LogP contribution is 2.17. The van der Waals surface area contributed by atoms with E-state index in [0.717, 1.165) is 5.56 Å². The van der Waals surface area contributed by atoms with E-state index in [0.29, 0.717) is 0 Å². The molecule has 0 aliphatic rings. The van der Waals surface area contributed by atoms with Crippen LogP contribution in [-0.2, 0) is 0 Å². The summed E-state index contributed by atoms with van der Waals surface area (Å²) in [6.45, 7) is 1.80. The zero-order chi connectivity index (χ0) is 12.4. The molecule has 0 saturated heterocycles. The fourth-order valence-electron chi connectivity index (χ4n) is 1.55. The smallest absolute Gasteiger partial charge is 0.199 e. The number of nitrogens with two attached hydrogens (primary N) is 1. The Balaban J connectivity index is 2.51. The van der Waals surface area contributed by atoms with Crippen LogP contribution in [0.1, 0.15) is 21.5 Å². The van der Waals surface area contributed by atoms with E-state index in [1.165, 1.54) is 18.2 Å². The molecule has 0 fully saturated rings. The van der Waals surface area contributed by atoms with Crippen molar-refractivity contribution < 1.29 is 9.18 Å². The number of rotatable bonds is 2. The van der Waals surface area contributed by atoms with Crippen molar-refractivity contribution in [2.45, 2.75) is 6.92 Å². The van der Waals surface area contributed by atoms with Crippen molar-refractivity contribution in [1.82, 2.24) is 4.98 Å². The van der Waals surface area contributed by atoms with Crippen LogP contribution in [-0.4, -0.2) is 10.8 Å². The van der Waals surface area contributed by atoms with Crippen LogP contribution in [0.4, 0.5) is 10.2 Å². The molecule has 3 nitrogen and oxygen atoms in total. The average molecular weight is 230 g/mol. The minimum Gasteiger partial charge on any atom is -0.383 e. The Labute approximate surface area is 98.1 Å². The minimum atomic E-state index is -0.557. The lowest BCUT2D eigenvalue weighted by molar-refractivity contribution is 0.103. The van der Waals surface area contributed by atoms with Crippen LogP contribution in [0, 0.1) is 12.7 Å². The van der Waals surface area contributed by atoms with Gasteiger partial charge in [-0.25, -0.2) is 9.37 Å². The molecule has 2 aromatic rings. The fourth-order valence-corrected chi connectivity index (χ4v) is 1.55. The zero-order valence-electron chi connectivity index (χ0n) is 9.27. The molecule has 2 N–H and O–H groups in total. The van der Waals surface area contributed by atoms with Gasteiger partial charge < -0.3 is 5.73 Å². The lowest BCUT2D eigenvalue weighted by Gasteiger charge is -2.05. The maximum atomic E-state index is 13.5. The highest BCUT2D eigenvalue weighted by molar-refractivity contribution is 6.11. The molecule has 1 aromatic heterocycles. The maximum absolute atomic E-state index is 13.5. The summed E-state index contributed by atoms with van der Waals surface area (Å²) in [5, 5.41) is 0. The number of carbonyl (C=O) groups excluding carboxylic acids is 1. The molecule has 86 valence electrons. The van der Waals surface area contributed by atoms with Crippen LogP contribution in [0.2, 0.25) is 0 Å². The molecule has 0 amide bonds. The van der Waals surface area contributed by atoms with Gasteiger partial charge in [0.2, 0.25) is 0 Å². The number of hydrogen-bond acceptors (Lipinski definition) is 3. The molecule has 0 aliphatic heterocycles. The van der Waals surface area contributed by atoms with E-state index in [2.05, 4.69) is 4.98 Å². The van der Waals surface area contributed by atoms with E-state index in [1.54, 1.807) is 25.3 Å². The van der Waals surface area contributed by atoms with Crippen LogP contribution >= 0.6 is 0 Å². The largest absolute Gasteiger partial charge is 0.383 e. The average Bonchev–Trinajstić information content (AvgIpc) is 2.32. The van der Waals surface area contributed by atoms with Crippen molar-refractivity contribution in [3.63, 3.8) is 0 Å². The van der Waals surface area contributed by atoms with Crippen LogP contribution in [0.25, 0.3) is 0 Å². The second-order valence-corrected chi connectivity index (χ2v) is 3.75. The molecule has 2 rings (SSSR count). The highest BCUT2D eigenvalue weighted by atomic mass is 19.1. The Hall–Kier alpha value is -2.23. The number of ketones is 1. The number of carbonyl (C=O) groups is 1. The maximum Gasteiger partial charge on any atom is 0.199 e. The van der Waals surface area contributed by atoms with Crippen LogP contribution < -0.4 is 5.73 Å². The molecule has 0 aliphatic carbocycles. The minimum absolute atomic E-state index is 0.00611. The van der Waals surface area contributed by atoms with E-state index >= 15 is 0 Å². The third-order valence-corrected chi connectivity index (χ3v) is 2.42. The Morgan fingerprint density at radius 2 is 2.00 bits per heavy atom. The molecule has 0 unspecified atom stereocenters. The Kier molecular flexibility index (Phi) is 2.87. The number of aromatic nitrogens is 1. The third kappa shape index (κ3) is 2.15. The van der Waals surface area contributed by atoms with Gasteiger partial charge in [0.1, 0.15) is 11.6 Å². The lowest BCUT2D eigenvalue weighted by atomic mass is 10.0. The fraction of sp³-hybridized carbons (Fsp3) is 0.0769. The first-order valence-corrected chi connectivity index (χ1v) is 5.11. The second kappa shape index (κ2) is 4.33. The number of pyridine rings is 1. The molecule has 1 aromatic carbocycles. The first kappa shape index (κ1) is 11.3. The van der Waals surface area contributed by atoms with Gasteiger partial charge in [-0.05, 0) is 30.7 Å². The van der Waals surface area contributed by atoms with Gasteiger partial charge in [-0.1, -0.05) is 12.1 Å². The number of nitrogen functional groups attached to an aromatic ring is 1. The Morgan fingerprint density at radius 3 is 2.71 bits per heavy atom. The van der Waals surface area contributed by atoms with Gasteiger partial charge in [-0.15, -0.1) is 0 Å². The Morgan fingerprint density at radius 1 is 1.29 bits per heavy atom. The van der Waals surface area contributed by atoms with Gasteiger partial charge in [0.05, 0.1) is 11.1 Å². The predicted molar refractivity (Wildman–Crippen MR) is 63.2 cm³/mol. The quantitative estimate of drug-likeness (QED) is 0.805. The topological polar surface area (TPSA) is 56.0 Å². The van der Waals surface area contributed by atoms with Gasteiger partial charge >= 0.3 is 0 Å². The summed E-state index contributed by atoms with van der Waals surface area (Å²) in [6.07, 6.45) is 1.56. The molecule has 0 radical (unpaired) electrons. The van der Waals surface area contributed by atoms with Crippen molar-refractivity contribution in [2.24, 2.45) is 0 Å². The summed E-state index contributed by atoms with van der Waals surface area (Å²) >= 11 is 0. The molecule has 0 bridgehead atoms. The monoisotopic (exact) mass is 230 g/mol. The van der Waals surface area contributed by atoms with Crippen LogP contribution in [0.3, 0.4) is 0 Å². The summed E-state index contributed by atoms with van der Waals surface area (Å²) in [5.74, 6) is -0.890. The number of aryl methyl sites for hydroxylation is 1. The Bertz CT molecular complexity index is 581. The van der Waals surface area contributed by atoms with E-state index in [9.17, 15) is 9.18 Å². The van der Waals surface area contributed by atoms with Crippen molar-refractivity contribution in [3.05, 3.63) is 59.0 Å². The molecular formula is C13H11FN2O. The SMILES string of the molecule is Cc1cnc(N)c(C(=O)c2ccccc2F)c1. The number of hydrogen-bond donors (Lipinski definition) is 1. The normalized spacial score (nSPS) is 10.2. The zero-order valence-corrected chi connectivity index (χ0v) is 9.27. The number of anilines is 1. The van der Waals surface area contributed by atoms with Gasteiger partial charge in [0.15, 0.2) is 5.78 Å². The summed E-state index contributed by atoms with van der Waals surface area (Å²) in [4.78, 5) is 16.0. The first-order valence-electron chi connectivity index (χ1n) is 5.11. The third-order valence-electron chi connectivity index (χ3n) is 2.42. The van der Waals surface area contributed by atoms with Crippen molar-refractivity contribution in [3.8, 4) is 0 Å². The van der Waals surface area contributed by atoms with Gasteiger partial charge in [-0.2, -0.15) is 0 Å². The van der Waals surface area contributed by atoms with Crippen molar-refractivity contribution in [2.75, 3.05) is 5.73 Å². The number of halogens is 1. The van der Waals surface area contributed by atoms with Gasteiger partial charge in [-0.3, -0.25) is 4.79 Å². The molecule has 4 heteroatoms. The van der Waals surface area contributed by atoms with E-state index in [-0.39, 0.29) is 16.9 Å².